The summed E-state index contributed by atoms with van der Waals surface area (Å²) in [6, 6.07) is 12.7. The first-order chi connectivity index (χ1) is 13.5. The minimum Gasteiger partial charge on any atom is -0.497 e. The van der Waals surface area contributed by atoms with E-state index in [1.54, 1.807) is 38.3 Å². The van der Waals surface area contributed by atoms with Crippen LogP contribution in [-0.4, -0.2) is 35.6 Å². The number of fused-ring (bicyclic) bond motifs is 1. The fourth-order valence-electron chi connectivity index (χ4n) is 3.52. The third-order valence-corrected chi connectivity index (χ3v) is 4.98. The van der Waals surface area contributed by atoms with E-state index in [0.717, 1.165) is 5.56 Å². The van der Waals surface area contributed by atoms with E-state index in [0.29, 0.717) is 34.9 Å². The number of carbonyl (C=O) groups excluding carboxylic acids is 1. The summed E-state index contributed by atoms with van der Waals surface area (Å²) >= 11 is 0. The van der Waals surface area contributed by atoms with Crippen LogP contribution < -0.4 is 14.2 Å². The van der Waals surface area contributed by atoms with Crippen molar-refractivity contribution in [1.29, 1.82) is 0 Å². The Bertz CT molecular complexity index is 925. The van der Waals surface area contributed by atoms with Gasteiger partial charge in [0.2, 0.25) is 12.7 Å². The third kappa shape index (κ3) is 3.29. The Hall–Kier alpha value is -3.06. The molecule has 0 saturated carbocycles. The standard InChI is InChI=1S/C21H22N2O5/c1-14-12-21(25,16-5-7-17(26-2)8-6-16)23(22-14)20(24)10-4-15-3-9-18-19(11-15)28-13-27-18/h3,5-9,11,25H,4,10,12-13H2,1-2H3/t21-/m1/s1. The van der Waals surface area contributed by atoms with Gasteiger partial charge in [-0.2, -0.15) is 10.1 Å². The zero-order chi connectivity index (χ0) is 19.7. The third-order valence-electron chi connectivity index (χ3n) is 4.98. The van der Waals surface area contributed by atoms with Gasteiger partial charge in [0.1, 0.15) is 5.75 Å². The molecule has 2 aromatic carbocycles. The SMILES string of the molecule is COc1ccc([C@]2(O)CC(C)=NN2C(=O)CCc2ccc3c(c2)OCO3)cc1. The monoisotopic (exact) mass is 382 g/mol. The maximum absolute atomic E-state index is 12.9. The van der Waals surface area contributed by atoms with Crippen molar-refractivity contribution in [2.75, 3.05) is 13.9 Å². The van der Waals surface area contributed by atoms with E-state index in [4.69, 9.17) is 14.2 Å². The zero-order valence-corrected chi connectivity index (χ0v) is 15.8. The number of hydrazone groups is 1. The fourth-order valence-corrected chi connectivity index (χ4v) is 3.52. The Balaban J connectivity index is 1.49. The number of amides is 1. The van der Waals surface area contributed by atoms with Crippen molar-refractivity contribution in [2.24, 2.45) is 5.10 Å². The fraction of sp³-hybridized carbons (Fsp3) is 0.333. The average molecular weight is 382 g/mol. The van der Waals surface area contributed by atoms with Gasteiger partial charge in [-0.1, -0.05) is 18.2 Å². The first-order valence-corrected chi connectivity index (χ1v) is 9.12. The second-order valence-corrected chi connectivity index (χ2v) is 6.95. The maximum atomic E-state index is 12.9. The molecule has 0 fully saturated rings. The number of hydrogen-bond donors (Lipinski definition) is 1. The number of carbonyl (C=O) groups is 1. The number of benzene rings is 2. The molecule has 7 heteroatoms. The largest absolute Gasteiger partial charge is 0.497 e. The predicted molar refractivity (Wildman–Crippen MR) is 102 cm³/mol. The molecule has 2 aromatic rings. The van der Waals surface area contributed by atoms with Gasteiger partial charge in [0.05, 0.1) is 7.11 Å². The van der Waals surface area contributed by atoms with Crippen LogP contribution in [0, 0.1) is 0 Å². The van der Waals surface area contributed by atoms with Crippen molar-refractivity contribution in [1.82, 2.24) is 5.01 Å². The lowest BCUT2D eigenvalue weighted by Crippen LogP contribution is -2.43. The highest BCUT2D eigenvalue weighted by Gasteiger charge is 2.44. The van der Waals surface area contributed by atoms with Crippen molar-refractivity contribution in [3.8, 4) is 17.2 Å². The smallest absolute Gasteiger partial charge is 0.245 e. The van der Waals surface area contributed by atoms with Crippen LogP contribution in [0.2, 0.25) is 0 Å². The molecule has 2 heterocycles. The molecule has 146 valence electrons. The van der Waals surface area contributed by atoms with E-state index in [9.17, 15) is 9.90 Å². The Kier molecular flexibility index (Phi) is 4.68. The van der Waals surface area contributed by atoms with Crippen LogP contribution >= 0.6 is 0 Å². The van der Waals surface area contributed by atoms with Crippen LogP contribution in [0.4, 0.5) is 0 Å². The van der Waals surface area contributed by atoms with E-state index in [-0.39, 0.29) is 25.5 Å². The summed E-state index contributed by atoms with van der Waals surface area (Å²) in [4.78, 5) is 12.9. The van der Waals surface area contributed by atoms with Gasteiger partial charge >= 0.3 is 0 Å². The van der Waals surface area contributed by atoms with Gasteiger partial charge in [-0.25, -0.2) is 0 Å². The van der Waals surface area contributed by atoms with Crippen molar-refractivity contribution in [3.63, 3.8) is 0 Å². The van der Waals surface area contributed by atoms with Crippen molar-refractivity contribution in [3.05, 3.63) is 53.6 Å². The highest BCUT2D eigenvalue weighted by molar-refractivity contribution is 5.89. The van der Waals surface area contributed by atoms with E-state index in [1.165, 1.54) is 5.01 Å². The molecule has 0 spiro atoms. The Morgan fingerprint density at radius 2 is 1.96 bits per heavy atom. The van der Waals surface area contributed by atoms with Gasteiger partial charge in [-0.15, -0.1) is 0 Å². The summed E-state index contributed by atoms with van der Waals surface area (Å²) in [6.45, 7) is 2.02. The molecule has 0 aliphatic carbocycles. The summed E-state index contributed by atoms with van der Waals surface area (Å²) in [5, 5.41) is 16.8. The molecule has 28 heavy (non-hydrogen) atoms. The molecule has 2 aliphatic heterocycles. The Labute approximate surface area is 163 Å². The van der Waals surface area contributed by atoms with Crippen molar-refractivity contribution >= 4 is 11.6 Å². The molecule has 1 N–H and O–H groups in total. The van der Waals surface area contributed by atoms with E-state index >= 15 is 0 Å². The molecular formula is C21H22N2O5. The first-order valence-electron chi connectivity index (χ1n) is 9.12. The number of ether oxygens (including phenoxy) is 3. The van der Waals surface area contributed by atoms with Gasteiger partial charge in [0.15, 0.2) is 17.2 Å². The van der Waals surface area contributed by atoms with E-state index < -0.39 is 5.72 Å². The summed E-state index contributed by atoms with van der Waals surface area (Å²) in [6.07, 6.45) is 1.00. The molecule has 2 aliphatic rings. The van der Waals surface area contributed by atoms with Gasteiger partial charge in [0, 0.05) is 24.1 Å². The Morgan fingerprint density at radius 1 is 1.21 bits per heavy atom. The number of aliphatic hydroxyl groups is 1. The maximum Gasteiger partial charge on any atom is 0.245 e. The molecule has 0 aromatic heterocycles. The molecule has 1 amide bonds. The lowest BCUT2D eigenvalue weighted by Gasteiger charge is -2.31. The molecule has 1 atom stereocenters. The summed E-state index contributed by atoms with van der Waals surface area (Å²) in [7, 11) is 1.58. The van der Waals surface area contributed by atoms with E-state index in [1.807, 2.05) is 18.2 Å². The normalized spacial score (nSPS) is 20.2. The Morgan fingerprint density at radius 3 is 2.71 bits per heavy atom. The molecule has 7 nitrogen and oxygen atoms in total. The molecular weight excluding hydrogens is 360 g/mol. The van der Waals surface area contributed by atoms with Crippen molar-refractivity contribution < 1.29 is 24.1 Å². The van der Waals surface area contributed by atoms with Crippen LogP contribution in [0.25, 0.3) is 0 Å². The quantitative estimate of drug-likeness (QED) is 0.860. The highest BCUT2D eigenvalue weighted by Crippen LogP contribution is 2.37. The second kappa shape index (κ2) is 7.16. The number of rotatable bonds is 5. The van der Waals surface area contributed by atoms with E-state index in [2.05, 4.69) is 5.10 Å². The molecule has 0 radical (unpaired) electrons. The van der Waals surface area contributed by atoms with Crippen LogP contribution in [-0.2, 0) is 16.9 Å². The first kappa shape index (κ1) is 18.3. The number of hydrogen-bond acceptors (Lipinski definition) is 6. The van der Waals surface area contributed by atoms with Gasteiger partial charge in [0.25, 0.3) is 0 Å². The molecule has 4 rings (SSSR count). The second-order valence-electron chi connectivity index (χ2n) is 6.95. The summed E-state index contributed by atoms with van der Waals surface area (Å²) < 4.78 is 15.9. The summed E-state index contributed by atoms with van der Waals surface area (Å²) in [5.74, 6) is 1.84. The number of methoxy groups -OCH3 is 1. The molecule has 0 saturated heterocycles. The lowest BCUT2D eigenvalue weighted by molar-refractivity contribution is -0.157. The summed E-state index contributed by atoms with van der Waals surface area (Å²) in [5.41, 5.74) is 0.785. The highest BCUT2D eigenvalue weighted by atomic mass is 16.7. The average Bonchev–Trinajstić information content (AvgIpc) is 3.30. The van der Waals surface area contributed by atoms with Gasteiger partial charge in [-0.05, 0) is 43.2 Å². The van der Waals surface area contributed by atoms with Gasteiger partial charge in [-0.3, -0.25) is 4.79 Å². The minimum absolute atomic E-state index is 0.217. The predicted octanol–water partition coefficient (Wildman–Crippen LogP) is 2.81. The van der Waals surface area contributed by atoms with Crippen molar-refractivity contribution in [2.45, 2.75) is 31.9 Å². The molecule has 0 bridgehead atoms. The van der Waals surface area contributed by atoms with Crippen LogP contribution in [0.1, 0.15) is 30.9 Å². The van der Waals surface area contributed by atoms with Crippen LogP contribution in [0.15, 0.2) is 47.6 Å². The number of aryl methyl sites for hydroxylation is 1. The topological polar surface area (TPSA) is 80.6 Å². The minimum atomic E-state index is -1.48. The molecule has 0 unspecified atom stereocenters. The zero-order valence-electron chi connectivity index (χ0n) is 15.8. The van der Waals surface area contributed by atoms with Crippen LogP contribution in [0.3, 0.4) is 0 Å². The number of nitrogens with zero attached hydrogens (tertiary/aromatic N) is 2. The van der Waals surface area contributed by atoms with Gasteiger partial charge < -0.3 is 19.3 Å². The van der Waals surface area contributed by atoms with Crippen LogP contribution in [0.5, 0.6) is 17.2 Å². The lowest BCUT2D eigenvalue weighted by atomic mass is 9.97.